The highest BCUT2D eigenvalue weighted by molar-refractivity contribution is 5.74. The quantitative estimate of drug-likeness (QED) is 0.544. The van der Waals surface area contributed by atoms with Crippen LogP contribution in [0.2, 0.25) is 0 Å². The van der Waals surface area contributed by atoms with E-state index in [0.717, 1.165) is 34.1 Å². The van der Waals surface area contributed by atoms with Gasteiger partial charge in [-0.2, -0.15) is 0 Å². The standard InChI is InChI=1S/C21H24N2O6/c24-21(22-25)5-6-23(13-15-1-3-17-19(11-15)28-9-7-26-17)14-16-2-4-18-20(12-16)29-10-8-27-18/h1-4,11-12,25H,5-10,13-14H2,(H,22,24). The van der Waals surface area contributed by atoms with Crippen LogP contribution in [0.5, 0.6) is 23.0 Å². The second-order valence-corrected chi connectivity index (χ2v) is 6.95. The predicted octanol–water partition coefficient (Wildman–Crippen LogP) is 2.13. The molecule has 0 unspecified atom stereocenters. The molecule has 8 nitrogen and oxygen atoms in total. The van der Waals surface area contributed by atoms with Crippen molar-refractivity contribution in [1.29, 1.82) is 0 Å². The molecule has 29 heavy (non-hydrogen) atoms. The Kier molecular flexibility index (Phi) is 6.02. The summed E-state index contributed by atoms with van der Waals surface area (Å²) in [7, 11) is 0. The first-order valence-corrected chi connectivity index (χ1v) is 9.63. The SMILES string of the molecule is O=C(CCN(Cc1ccc2c(c1)OCCO2)Cc1ccc2c(c1)OCCO2)NO. The van der Waals surface area contributed by atoms with Crippen molar-refractivity contribution in [2.24, 2.45) is 0 Å². The fraction of sp³-hybridized carbons (Fsp3) is 0.381. The molecule has 0 aliphatic carbocycles. The Morgan fingerprint density at radius 2 is 1.31 bits per heavy atom. The summed E-state index contributed by atoms with van der Waals surface area (Å²) in [6.07, 6.45) is 0.186. The molecular formula is C21H24N2O6. The van der Waals surface area contributed by atoms with Crippen LogP contribution in [-0.2, 0) is 17.9 Å². The summed E-state index contributed by atoms with van der Waals surface area (Å²) in [4.78, 5) is 13.7. The number of hydrogen-bond donors (Lipinski definition) is 2. The van der Waals surface area contributed by atoms with Crippen LogP contribution >= 0.6 is 0 Å². The summed E-state index contributed by atoms with van der Waals surface area (Å²) in [6, 6.07) is 11.8. The Labute approximate surface area is 168 Å². The lowest BCUT2D eigenvalue weighted by atomic mass is 10.1. The van der Waals surface area contributed by atoms with Gasteiger partial charge in [0.1, 0.15) is 26.4 Å². The molecule has 2 aliphatic heterocycles. The van der Waals surface area contributed by atoms with Crippen molar-refractivity contribution in [3.8, 4) is 23.0 Å². The van der Waals surface area contributed by atoms with Crippen LogP contribution in [0.3, 0.4) is 0 Å². The number of amides is 1. The summed E-state index contributed by atoms with van der Waals surface area (Å²) in [5.41, 5.74) is 3.80. The number of carbonyl (C=O) groups is 1. The van der Waals surface area contributed by atoms with Crippen LogP contribution in [0.4, 0.5) is 0 Å². The third kappa shape index (κ3) is 4.90. The van der Waals surface area contributed by atoms with Gasteiger partial charge in [0, 0.05) is 26.1 Å². The van der Waals surface area contributed by atoms with Gasteiger partial charge >= 0.3 is 0 Å². The number of rotatable bonds is 7. The highest BCUT2D eigenvalue weighted by atomic mass is 16.6. The lowest BCUT2D eigenvalue weighted by Gasteiger charge is -2.25. The average Bonchev–Trinajstić information content (AvgIpc) is 2.77. The van der Waals surface area contributed by atoms with Crippen LogP contribution in [-0.4, -0.2) is 49.0 Å². The molecule has 1 amide bonds. The van der Waals surface area contributed by atoms with Crippen LogP contribution in [0, 0.1) is 0 Å². The maximum absolute atomic E-state index is 11.5. The number of nitrogens with zero attached hydrogens (tertiary/aromatic N) is 1. The Hall–Kier alpha value is -2.97. The van der Waals surface area contributed by atoms with Gasteiger partial charge in [0.2, 0.25) is 5.91 Å². The topological polar surface area (TPSA) is 89.5 Å². The first-order valence-electron chi connectivity index (χ1n) is 9.63. The van der Waals surface area contributed by atoms with Gasteiger partial charge < -0.3 is 18.9 Å². The van der Waals surface area contributed by atoms with E-state index >= 15 is 0 Å². The molecule has 2 heterocycles. The van der Waals surface area contributed by atoms with Gasteiger partial charge in [-0.15, -0.1) is 0 Å². The van der Waals surface area contributed by atoms with Crippen LogP contribution in [0.1, 0.15) is 17.5 Å². The highest BCUT2D eigenvalue weighted by Gasteiger charge is 2.17. The van der Waals surface area contributed by atoms with Crippen molar-refractivity contribution in [2.45, 2.75) is 19.5 Å². The van der Waals surface area contributed by atoms with Crippen molar-refractivity contribution in [2.75, 3.05) is 33.0 Å². The van der Waals surface area contributed by atoms with E-state index in [0.29, 0.717) is 46.1 Å². The zero-order chi connectivity index (χ0) is 20.1. The van der Waals surface area contributed by atoms with E-state index in [1.165, 1.54) is 0 Å². The largest absolute Gasteiger partial charge is 0.486 e. The number of hydrogen-bond acceptors (Lipinski definition) is 7. The third-order valence-corrected chi connectivity index (χ3v) is 4.81. The van der Waals surface area contributed by atoms with Crippen LogP contribution < -0.4 is 24.4 Å². The molecule has 0 aromatic heterocycles. The van der Waals surface area contributed by atoms with E-state index in [1.807, 2.05) is 36.4 Å². The molecule has 2 aromatic carbocycles. The van der Waals surface area contributed by atoms with Crippen molar-refractivity contribution in [1.82, 2.24) is 10.4 Å². The minimum absolute atomic E-state index is 0.186. The van der Waals surface area contributed by atoms with Crippen molar-refractivity contribution in [3.63, 3.8) is 0 Å². The molecule has 0 saturated carbocycles. The van der Waals surface area contributed by atoms with Crippen molar-refractivity contribution in [3.05, 3.63) is 47.5 Å². The normalized spacial score (nSPS) is 14.6. The van der Waals surface area contributed by atoms with Gasteiger partial charge in [0.15, 0.2) is 23.0 Å². The van der Waals surface area contributed by atoms with Gasteiger partial charge in [0.25, 0.3) is 0 Å². The van der Waals surface area contributed by atoms with E-state index < -0.39 is 5.91 Å². The Bertz CT molecular complexity index is 811. The van der Waals surface area contributed by atoms with Gasteiger partial charge in [-0.05, 0) is 35.4 Å². The Morgan fingerprint density at radius 1 is 0.828 bits per heavy atom. The molecule has 2 aliphatic rings. The molecule has 2 N–H and O–H groups in total. The summed E-state index contributed by atoms with van der Waals surface area (Å²) in [6.45, 7) is 3.89. The monoisotopic (exact) mass is 400 g/mol. The number of benzene rings is 2. The Morgan fingerprint density at radius 3 is 1.79 bits per heavy atom. The van der Waals surface area contributed by atoms with Gasteiger partial charge in [-0.25, -0.2) is 5.48 Å². The molecule has 154 valence electrons. The maximum Gasteiger partial charge on any atom is 0.244 e. The summed E-state index contributed by atoms with van der Waals surface area (Å²) in [5.74, 6) is 2.55. The Balaban J connectivity index is 1.49. The molecule has 0 atom stereocenters. The molecule has 0 radical (unpaired) electrons. The number of nitrogens with one attached hydrogen (secondary N) is 1. The molecule has 0 fully saturated rings. The molecule has 2 aromatic rings. The summed E-state index contributed by atoms with van der Waals surface area (Å²) in [5, 5.41) is 8.81. The zero-order valence-corrected chi connectivity index (χ0v) is 16.1. The second-order valence-electron chi connectivity index (χ2n) is 6.95. The number of hydroxylamine groups is 1. The number of fused-ring (bicyclic) bond motifs is 2. The van der Waals surface area contributed by atoms with Crippen LogP contribution in [0.15, 0.2) is 36.4 Å². The fourth-order valence-corrected chi connectivity index (χ4v) is 3.42. The van der Waals surface area contributed by atoms with Gasteiger partial charge in [-0.1, -0.05) is 12.1 Å². The maximum atomic E-state index is 11.5. The van der Waals surface area contributed by atoms with Crippen molar-refractivity contribution >= 4 is 5.91 Å². The lowest BCUT2D eigenvalue weighted by Crippen LogP contribution is -2.29. The minimum Gasteiger partial charge on any atom is -0.486 e. The van der Waals surface area contributed by atoms with Gasteiger partial charge in [0.05, 0.1) is 0 Å². The average molecular weight is 400 g/mol. The molecule has 0 spiro atoms. The lowest BCUT2D eigenvalue weighted by molar-refractivity contribution is -0.129. The second kappa shape index (κ2) is 9.02. The molecular weight excluding hydrogens is 376 g/mol. The first kappa shape index (κ1) is 19.4. The first-order chi connectivity index (χ1) is 14.2. The van der Waals surface area contributed by atoms with E-state index in [4.69, 9.17) is 24.2 Å². The molecule has 8 heteroatoms. The minimum atomic E-state index is -0.417. The van der Waals surface area contributed by atoms with Crippen LogP contribution in [0.25, 0.3) is 0 Å². The molecule has 4 rings (SSSR count). The van der Waals surface area contributed by atoms with E-state index in [-0.39, 0.29) is 6.42 Å². The van der Waals surface area contributed by atoms with Crippen molar-refractivity contribution < 1.29 is 28.9 Å². The zero-order valence-electron chi connectivity index (χ0n) is 16.1. The predicted molar refractivity (Wildman–Crippen MR) is 104 cm³/mol. The van der Waals surface area contributed by atoms with E-state index in [1.54, 1.807) is 5.48 Å². The number of carbonyl (C=O) groups excluding carboxylic acids is 1. The van der Waals surface area contributed by atoms with E-state index in [2.05, 4.69) is 4.90 Å². The molecule has 0 saturated heterocycles. The number of ether oxygens (including phenoxy) is 4. The highest BCUT2D eigenvalue weighted by Crippen LogP contribution is 2.33. The smallest absolute Gasteiger partial charge is 0.244 e. The summed E-state index contributed by atoms with van der Waals surface area (Å²) >= 11 is 0. The molecule has 0 bridgehead atoms. The fourth-order valence-electron chi connectivity index (χ4n) is 3.42. The van der Waals surface area contributed by atoms with Gasteiger partial charge in [-0.3, -0.25) is 14.9 Å². The summed E-state index contributed by atoms with van der Waals surface area (Å²) < 4.78 is 22.5. The third-order valence-electron chi connectivity index (χ3n) is 4.81. The van der Waals surface area contributed by atoms with E-state index in [9.17, 15) is 4.79 Å².